The zero-order valence-corrected chi connectivity index (χ0v) is 20.6. The van der Waals surface area contributed by atoms with Crippen molar-refractivity contribution in [3.05, 3.63) is 81.3 Å². The predicted octanol–water partition coefficient (Wildman–Crippen LogP) is 4.70. The quantitative estimate of drug-likeness (QED) is 0.447. The Bertz CT molecular complexity index is 1050. The predicted molar refractivity (Wildman–Crippen MR) is 132 cm³/mol. The number of hydrogen-bond acceptors (Lipinski definition) is 6. The number of aliphatic hydroxyl groups excluding tert-OH is 1. The number of alkyl halides is 3. The summed E-state index contributed by atoms with van der Waals surface area (Å²) in [7, 11) is 0. The fraction of sp³-hybridized carbons (Fsp3) is 0.423. The highest BCUT2D eigenvalue weighted by Gasteiger charge is 2.38. The van der Waals surface area contributed by atoms with Crippen LogP contribution in [0.4, 0.5) is 13.2 Å². The molecule has 1 fully saturated rings. The molecular formula is C26H30F3N3O3S. The van der Waals surface area contributed by atoms with Crippen molar-refractivity contribution in [3.63, 3.8) is 0 Å². The molecule has 194 valence electrons. The van der Waals surface area contributed by atoms with Crippen LogP contribution in [0.25, 0.3) is 0 Å². The van der Waals surface area contributed by atoms with Crippen molar-refractivity contribution in [1.29, 1.82) is 0 Å². The molecule has 3 aromatic rings. The normalized spacial score (nSPS) is 14.8. The van der Waals surface area contributed by atoms with E-state index < -0.39 is 12.1 Å². The number of carbonyl (C=O) groups is 1. The van der Waals surface area contributed by atoms with E-state index in [1.807, 2.05) is 0 Å². The Hall–Kier alpha value is -2.82. The average Bonchev–Trinajstić information content (AvgIpc) is 3.38. The number of hydrogen-bond donors (Lipinski definition) is 2. The zero-order chi connectivity index (χ0) is 26.0. The molecule has 0 atom stereocenters. The van der Waals surface area contributed by atoms with Gasteiger partial charge >= 0.3 is 12.1 Å². The van der Waals surface area contributed by atoms with E-state index in [1.165, 1.54) is 16.7 Å². The second kappa shape index (κ2) is 13.5. The summed E-state index contributed by atoms with van der Waals surface area (Å²) in [6.45, 7) is 2.96. The second-order valence-corrected chi connectivity index (χ2v) is 9.55. The Morgan fingerprint density at radius 3 is 1.89 bits per heavy atom. The molecule has 1 saturated heterocycles. The Kier molecular flexibility index (Phi) is 10.4. The molecule has 2 N–H and O–H groups in total. The van der Waals surface area contributed by atoms with Crippen LogP contribution in [0.2, 0.25) is 0 Å². The minimum atomic E-state index is -5.08. The van der Waals surface area contributed by atoms with Crippen LogP contribution < -0.4 is 0 Å². The van der Waals surface area contributed by atoms with Crippen LogP contribution in [0.3, 0.4) is 0 Å². The van der Waals surface area contributed by atoms with Crippen molar-refractivity contribution in [2.24, 2.45) is 0 Å². The highest BCUT2D eigenvalue weighted by Crippen LogP contribution is 2.16. The molecule has 0 spiro atoms. The van der Waals surface area contributed by atoms with Crippen LogP contribution in [-0.4, -0.2) is 56.6 Å². The van der Waals surface area contributed by atoms with Crippen molar-refractivity contribution in [3.8, 4) is 0 Å². The SMILES string of the molecule is O=C(O)C(F)(F)F.OC1CCN(Cc2ccc(CCc3ccc(CCc4ccsc4)nn3)cc2)CC1. The number of thiophene rings is 1. The highest BCUT2D eigenvalue weighted by molar-refractivity contribution is 7.07. The number of aliphatic hydroxyl groups is 1. The van der Waals surface area contributed by atoms with Gasteiger partial charge in [-0.1, -0.05) is 24.3 Å². The number of aliphatic carboxylic acids is 1. The van der Waals surface area contributed by atoms with Crippen molar-refractivity contribution in [1.82, 2.24) is 15.1 Å². The molecule has 10 heteroatoms. The van der Waals surface area contributed by atoms with Gasteiger partial charge in [-0.15, -0.1) is 0 Å². The maximum absolute atomic E-state index is 10.6. The number of piperidine rings is 1. The van der Waals surface area contributed by atoms with E-state index in [-0.39, 0.29) is 6.10 Å². The fourth-order valence-electron chi connectivity index (χ4n) is 3.78. The molecule has 1 aliphatic heterocycles. The largest absolute Gasteiger partial charge is 0.490 e. The molecule has 0 amide bonds. The van der Waals surface area contributed by atoms with Crippen molar-refractivity contribution < 1.29 is 28.2 Å². The van der Waals surface area contributed by atoms with E-state index in [4.69, 9.17) is 9.90 Å². The van der Waals surface area contributed by atoms with E-state index in [0.29, 0.717) is 0 Å². The van der Waals surface area contributed by atoms with Crippen LogP contribution in [0.15, 0.2) is 53.2 Å². The summed E-state index contributed by atoms with van der Waals surface area (Å²) < 4.78 is 31.7. The minimum Gasteiger partial charge on any atom is -0.475 e. The van der Waals surface area contributed by atoms with Gasteiger partial charge in [0, 0.05) is 19.6 Å². The maximum Gasteiger partial charge on any atom is 0.490 e. The lowest BCUT2D eigenvalue weighted by Gasteiger charge is -2.29. The second-order valence-electron chi connectivity index (χ2n) is 8.77. The molecule has 1 aliphatic rings. The number of carboxylic acid groups (broad SMARTS) is 1. The molecular weight excluding hydrogens is 491 g/mol. The smallest absolute Gasteiger partial charge is 0.475 e. The molecule has 3 heterocycles. The highest BCUT2D eigenvalue weighted by atomic mass is 32.1. The minimum absolute atomic E-state index is 0.105. The molecule has 1 aromatic carbocycles. The number of likely N-dealkylation sites (tertiary alicyclic amines) is 1. The number of carboxylic acids is 1. The van der Waals surface area contributed by atoms with Gasteiger partial charge in [0.05, 0.1) is 17.5 Å². The first-order valence-electron chi connectivity index (χ1n) is 11.8. The molecule has 0 unspecified atom stereocenters. The van der Waals surface area contributed by atoms with E-state index in [1.54, 1.807) is 11.3 Å². The number of nitrogens with zero attached hydrogens (tertiary/aromatic N) is 3. The lowest BCUT2D eigenvalue weighted by molar-refractivity contribution is -0.192. The van der Waals surface area contributed by atoms with Gasteiger partial charge in [0.2, 0.25) is 0 Å². The third-order valence-electron chi connectivity index (χ3n) is 5.92. The summed E-state index contributed by atoms with van der Waals surface area (Å²) in [6.07, 6.45) is 0.480. The number of halogens is 3. The molecule has 2 aromatic heterocycles. The summed E-state index contributed by atoms with van der Waals surface area (Å²) in [6, 6.07) is 15.4. The van der Waals surface area contributed by atoms with Crippen LogP contribution in [0.1, 0.15) is 40.9 Å². The number of benzene rings is 1. The number of aryl methyl sites for hydroxylation is 4. The fourth-order valence-corrected chi connectivity index (χ4v) is 4.48. The molecule has 0 radical (unpaired) electrons. The van der Waals surface area contributed by atoms with E-state index >= 15 is 0 Å². The van der Waals surface area contributed by atoms with Gasteiger partial charge in [-0.05, 0) is 84.2 Å². The van der Waals surface area contributed by atoms with Crippen LogP contribution in [-0.2, 0) is 37.0 Å². The summed E-state index contributed by atoms with van der Waals surface area (Å²) >= 11 is 1.74. The molecule has 36 heavy (non-hydrogen) atoms. The monoisotopic (exact) mass is 521 g/mol. The summed E-state index contributed by atoms with van der Waals surface area (Å²) in [5, 5.41) is 29.9. The van der Waals surface area contributed by atoms with Gasteiger partial charge in [-0.3, -0.25) is 4.90 Å². The van der Waals surface area contributed by atoms with Crippen LogP contribution in [0, 0.1) is 0 Å². The molecule has 0 bridgehead atoms. The van der Waals surface area contributed by atoms with Gasteiger partial charge in [0.15, 0.2) is 0 Å². The average molecular weight is 522 g/mol. The van der Waals surface area contributed by atoms with Gasteiger partial charge in [0.25, 0.3) is 0 Å². The zero-order valence-electron chi connectivity index (χ0n) is 19.8. The van der Waals surface area contributed by atoms with Crippen LogP contribution in [0.5, 0.6) is 0 Å². The van der Waals surface area contributed by atoms with Gasteiger partial charge < -0.3 is 10.2 Å². The Balaban J connectivity index is 0.000000454. The van der Waals surface area contributed by atoms with Gasteiger partial charge in [-0.25, -0.2) is 4.79 Å². The third-order valence-corrected chi connectivity index (χ3v) is 6.66. The molecule has 0 saturated carbocycles. The van der Waals surface area contributed by atoms with Crippen molar-refractivity contribution in [2.75, 3.05) is 13.1 Å². The first kappa shape index (κ1) is 27.8. The lowest BCUT2D eigenvalue weighted by Crippen LogP contribution is -2.35. The maximum atomic E-state index is 10.6. The number of rotatable bonds is 8. The Labute approximate surface area is 212 Å². The van der Waals surface area contributed by atoms with E-state index in [2.05, 4.69) is 68.3 Å². The summed E-state index contributed by atoms with van der Waals surface area (Å²) in [5.41, 5.74) is 6.18. The van der Waals surface area contributed by atoms with E-state index in [9.17, 15) is 18.3 Å². The Morgan fingerprint density at radius 2 is 1.42 bits per heavy atom. The first-order valence-corrected chi connectivity index (χ1v) is 12.7. The summed E-state index contributed by atoms with van der Waals surface area (Å²) in [5.74, 6) is -2.76. The van der Waals surface area contributed by atoms with Crippen molar-refractivity contribution >= 4 is 17.3 Å². The molecule has 0 aliphatic carbocycles. The topological polar surface area (TPSA) is 86.5 Å². The lowest BCUT2D eigenvalue weighted by atomic mass is 10.0. The molecule has 4 rings (SSSR count). The van der Waals surface area contributed by atoms with Gasteiger partial charge in [0.1, 0.15) is 0 Å². The first-order chi connectivity index (χ1) is 17.2. The third kappa shape index (κ3) is 9.67. The molecule has 6 nitrogen and oxygen atoms in total. The van der Waals surface area contributed by atoms with Crippen LogP contribution >= 0.6 is 11.3 Å². The van der Waals surface area contributed by atoms with Gasteiger partial charge in [-0.2, -0.15) is 34.7 Å². The number of aromatic nitrogens is 2. The summed E-state index contributed by atoms with van der Waals surface area (Å²) in [4.78, 5) is 11.3. The van der Waals surface area contributed by atoms with Crippen molar-refractivity contribution in [2.45, 2.75) is 57.3 Å². The van der Waals surface area contributed by atoms with E-state index in [0.717, 1.165) is 69.5 Å². The standard InChI is InChI=1S/C24H29N3OS.C2HF3O2/c28-24-11-14-27(15-12-24)17-20-3-1-19(2-4-20)5-7-22-9-10-23(26-25-22)8-6-21-13-16-29-18-21;3-2(4,5)1(6)7/h1-4,9-10,13,16,18,24,28H,5-8,11-12,14-15,17H2;(H,6,7). The Morgan fingerprint density at radius 1 is 0.889 bits per heavy atom.